The highest BCUT2D eigenvalue weighted by Crippen LogP contribution is 2.34. The van der Waals surface area contributed by atoms with Crippen LogP contribution in [0.15, 0.2) is 29.0 Å². The molecule has 1 aromatic carbocycles. The van der Waals surface area contributed by atoms with E-state index in [2.05, 4.69) is 0 Å². The van der Waals surface area contributed by atoms with Crippen LogP contribution in [-0.2, 0) is 0 Å². The molecule has 1 aromatic heterocycles. The van der Waals surface area contributed by atoms with E-state index in [-0.39, 0.29) is 0 Å². The third-order valence-electron chi connectivity index (χ3n) is 2.15. The lowest BCUT2D eigenvalue weighted by Crippen LogP contribution is -1.87. The maximum Gasteiger partial charge on any atom is 0.137 e. The van der Waals surface area contributed by atoms with E-state index in [9.17, 15) is 0 Å². The van der Waals surface area contributed by atoms with Crippen LogP contribution < -0.4 is 10.5 Å². The molecular formula is C11H10ClNOS. The van der Waals surface area contributed by atoms with E-state index in [0.717, 1.165) is 16.8 Å². The minimum Gasteiger partial charge on any atom is -0.495 e. The van der Waals surface area contributed by atoms with Gasteiger partial charge in [-0.3, -0.25) is 0 Å². The normalized spacial score (nSPS) is 10.3. The predicted octanol–water partition coefficient (Wildman–Crippen LogP) is 3.66. The van der Waals surface area contributed by atoms with E-state index in [1.807, 2.05) is 29.0 Å². The number of anilines is 1. The lowest BCUT2D eigenvalue weighted by Gasteiger charge is -2.05. The largest absolute Gasteiger partial charge is 0.495 e. The molecule has 0 aliphatic rings. The number of ether oxygens (including phenoxy) is 1. The van der Waals surface area contributed by atoms with Crippen LogP contribution in [0.2, 0.25) is 5.02 Å². The molecule has 0 radical (unpaired) electrons. The number of nitrogens with two attached hydrogens (primary N) is 1. The Hall–Kier alpha value is -1.19. The molecule has 0 saturated carbocycles. The Morgan fingerprint density at radius 2 is 2.13 bits per heavy atom. The van der Waals surface area contributed by atoms with Gasteiger partial charge in [-0.2, -0.15) is 0 Å². The van der Waals surface area contributed by atoms with Crippen LogP contribution in [0.4, 0.5) is 5.69 Å². The summed E-state index contributed by atoms with van der Waals surface area (Å²) in [5.74, 6) is 0.675. The minimum absolute atomic E-state index is 0.598. The first-order valence-electron chi connectivity index (χ1n) is 4.38. The van der Waals surface area contributed by atoms with Crippen LogP contribution in [0.3, 0.4) is 0 Å². The summed E-state index contributed by atoms with van der Waals surface area (Å²) in [6.07, 6.45) is 0. The number of hydrogen-bond acceptors (Lipinski definition) is 3. The number of methoxy groups -OCH3 is 1. The van der Waals surface area contributed by atoms with E-state index in [1.165, 1.54) is 0 Å². The Bertz CT molecular complexity index is 481. The molecule has 0 fully saturated rings. The molecule has 2 nitrogen and oxygen atoms in total. The predicted molar refractivity (Wildman–Crippen MR) is 65.7 cm³/mol. The second kappa shape index (κ2) is 4.13. The van der Waals surface area contributed by atoms with Gasteiger partial charge in [0.15, 0.2) is 0 Å². The molecule has 0 unspecified atom stereocenters. The fraction of sp³-hybridized carbons (Fsp3) is 0.0909. The van der Waals surface area contributed by atoms with Crippen molar-refractivity contribution in [1.82, 2.24) is 0 Å². The molecule has 0 bridgehead atoms. The average molecular weight is 240 g/mol. The summed E-state index contributed by atoms with van der Waals surface area (Å²) in [7, 11) is 1.60. The molecule has 78 valence electrons. The summed E-state index contributed by atoms with van der Waals surface area (Å²) < 4.78 is 5.09. The lowest BCUT2D eigenvalue weighted by atomic mass is 10.1. The summed E-state index contributed by atoms with van der Waals surface area (Å²) >= 11 is 7.61. The molecule has 2 N–H and O–H groups in total. The fourth-order valence-electron chi connectivity index (χ4n) is 1.38. The van der Waals surface area contributed by atoms with E-state index in [0.29, 0.717) is 10.8 Å². The molecule has 0 spiro atoms. The number of rotatable bonds is 2. The Morgan fingerprint density at radius 3 is 2.67 bits per heavy atom. The fourth-order valence-corrected chi connectivity index (χ4v) is 2.38. The van der Waals surface area contributed by atoms with Crippen molar-refractivity contribution in [2.24, 2.45) is 0 Å². The Labute approximate surface area is 97.3 Å². The third-order valence-corrected chi connectivity index (χ3v) is 3.21. The van der Waals surface area contributed by atoms with Gasteiger partial charge in [0, 0.05) is 16.3 Å². The molecule has 1 heterocycles. The quantitative estimate of drug-likeness (QED) is 0.868. The van der Waals surface area contributed by atoms with Gasteiger partial charge in [-0.05, 0) is 17.7 Å². The molecule has 2 rings (SSSR count). The molecule has 2 aromatic rings. The SMILES string of the molecule is COc1ccc(-c2cscc2N)cc1Cl. The molecule has 15 heavy (non-hydrogen) atoms. The minimum atomic E-state index is 0.598. The summed E-state index contributed by atoms with van der Waals surface area (Å²) in [5.41, 5.74) is 8.64. The maximum atomic E-state index is 6.04. The molecular weight excluding hydrogens is 230 g/mol. The van der Waals surface area contributed by atoms with Crippen LogP contribution in [0.5, 0.6) is 5.75 Å². The standard InChI is InChI=1S/C11H10ClNOS/c1-14-11-3-2-7(4-9(11)12)8-5-15-6-10(8)13/h2-6H,13H2,1H3. The van der Waals surface area contributed by atoms with Gasteiger partial charge < -0.3 is 10.5 Å². The Balaban J connectivity index is 2.47. The Morgan fingerprint density at radius 1 is 1.33 bits per heavy atom. The zero-order valence-corrected chi connectivity index (χ0v) is 9.73. The molecule has 0 aliphatic carbocycles. The summed E-state index contributed by atoms with van der Waals surface area (Å²) in [6, 6.07) is 5.65. The lowest BCUT2D eigenvalue weighted by molar-refractivity contribution is 0.415. The zero-order valence-electron chi connectivity index (χ0n) is 8.16. The summed E-state index contributed by atoms with van der Waals surface area (Å²) in [4.78, 5) is 0. The molecule has 0 amide bonds. The van der Waals surface area contributed by atoms with Crippen LogP contribution in [0.1, 0.15) is 0 Å². The zero-order chi connectivity index (χ0) is 10.8. The van der Waals surface area contributed by atoms with Gasteiger partial charge in [0.2, 0.25) is 0 Å². The number of nitrogen functional groups attached to an aromatic ring is 1. The topological polar surface area (TPSA) is 35.2 Å². The molecule has 0 saturated heterocycles. The van der Waals surface area contributed by atoms with Crippen molar-refractivity contribution < 1.29 is 4.74 Å². The van der Waals surface area contributed by atoms with Crippen LogP contribution >= 0.6 is 22.9 Å². The van der Waals surface area contributed by atoms with Crippen LogP contribution in [0, 0.1) is 0 Å². The van der Waals surface area contributed by atoms with Crippen molar-refractivity contribution in [3.8, 4) is 16.9 Å². The smallest absolute Gasteiger partial charge is 0.137 e. The third kappa shape index (κ3) is 1.94. The van der Waals surface area contributed by atoms with Gasteiger partial charge >= 0.3 is 0 Å². The van der Waals surface area contributed by atoms with Crippen molar-refractivity contribution in [2.75, 3.05) is 12.8 Å². The van der Waals surface area contributed by atoms with Gasteiger partial charge in [0.1, 0.15) is 5.75 Å². The van der Waals surface area contributed by atoms with Crippen molar-refractivity contribution in [3.63, 3.8) is 0 Å². The van der Waals surface area contributed by atoms with Gasteiger partial charge in [-0.25, -0.2) is 0 Å². The van der Waals surface area contributed by atoms with Gasteiger partial charge in [-0.15, -0.1) is 11.3 Å². The monoisotopic (exact) mass is 239 g/mol. The number of thiophene rings is 1. The highest BCUT2D eigenvalue weighted by Gasteiger charge is 2.06. The van der Waals surface area contributed by atoms with Crippen molar-refractivity contribution >= 4 is 28.6 Å². The first-order chi connectivity index (χ1) is 7.22. The summed E-state index contributed by atoms with van der Waals surface area (Å²) in [5, 5.41) is 4.52. The second-order valence-corrected chi connectivity index (χ2v) is 4.24. The number of halogens is 1. The van der Waals surface area contributed by atoms with Crippen molar-refractivity contribution in [2.45, 2.75) is 0 Å². The summed E-state index contributed by atoms with van der Waals surface area (Å²) in [6.45, 7) is 0. The molecule has 4 heteroatoms. The number of hydrogen-bond donors (Lipinski definition) is 1. The first kappa shape index (κ1) is 10.3. The van der Waals surface area contributed by atoms with E-state index in [4.69, 9.17) is 22.1 Å². The van der Waals surface area contributed by atoms with Crippen molar-refractivity contribution in [1.29, 1.82) is 0 Å². The van der Waals surface area contributed by atoms with E-state index < -0.39 is 0 Å². The molecule has 0 aliphatic heterocycles. The highest BCUT2D eigenvalue weighted by molar-refractivity contribution is 7.08. The first-order valence-corrected chi connectivity index (χ1v) is 5.70. The van der Waals surface area contributed by atoms with E-state index >= 15 is 0 Å². The number of benzene rings is 1. The van der Waals surface area contributed by atoms with E-state index in [1.54, 1.807) is 18.4 Å². The average Bonchev–Trinajstić information content (AvgIpc) is 2.64. The second-order valence-electron chi connectivity index (χ2n) is 3.09. The van der Waals surface area contributed by atoms with Gasteiger partial charge in [0.25, 0.3) is 0 Å². The highest BCUT2D eigenvalue weighted by atomic mass is 35.5. The van der Waals surface area contributed by atoms with Crippen LogP contribution in [0.25, 0.3) is 11.1 Å². The van der Waals surface area contributed by atoms with Gasteiger partial charge in [-0.1, -0.05) is 17.7 Å². The molecule has 0 atom stereocenters. The maximum absolute atomic E-state index is 6.04. The van der Waals surface area contributed by atoms with Crippen LogP contribution in [-0.4, -0.2) is 7.11 Å². The Kier molecular flexibility index (Phi) is 2.84. The van der Waals surface area contributed by atoms with Gasteiger partial charge in [0.05, 0.1) is 17.8 Å². The van der Waals surface area contributed by atoms with Crippen molar-refractivity contribution in [3.05, 3.63) is 34.0 Å².